The van der Waals surface area contributed by atoms with Crippen LogP contribution in [-0.4, -0.2) is 4.98 Å². The van der Waals surface area contributed by atoms with Crippen LogP contribution in [0.15, 0.2) is 47.1 Å². The van der Waals surface area contributed by atoms with Gasteiger partial charge in [-0.25, -0.2) is 0 Å². The lowest BCUT2D eigenvalue weighted by atomic mass is 10.0. The van der Waals surface area contributed by atoms with Crippen molar-refractivity contribution in [1.29, 1.82) is 0 Å². The maximum atomic E-state index is 4.50. The van der Waals surface area contributed by atoms with Crippen molar-refractivity contribution in [3.63, 3.8) is 0 Å². The predicted octanol–water partition coefficient (Wildman–Crippen LogP) is 4.65. The second kappa shape index (κ2) is 7.55. The molecule has 0 fully saturated rings. The van der Waals surface area contributed by atoms with Crippen LogP contribution in [0.4, 0.5) is 0 Å². The molecular formula is C17H21BrN2. The minimum Gasteiger partial charge on any atom is -0.304 e. The minimum absolute atomic E-state index is 0.360. The van der Waals surface area contributed by atoms with Crippen LogP contribution in [0.1, 0.15) is 43.1 Å². The largest absolute Gasteiger partial charge is 0.304 e. The van der Waals surface area contributed by atoms with Crippen LogP contribution in [0.5, 0.6) is 0 Å². The number of benzene rings is 1. The molecule has 1 aromatic heterocycles. The van der Waals surface area contributed by atoms with E-state index in [1.165, 1.54) is 11.1 Å². The van der Waals surface area contributed by atoms with Crippen molar-refractivity contribution >= 4 is 15.9 Å². The Kier molecular flexibility index (Phi) is 5.74. The van der Waals surface area contributed by atoms with Crippen LogP contribution in [0, 0.1) is 0 Å². The van der Waals surface area contributed by atoms with Crippen molar-refractivity contribution in [3.05, 3.63) is 63.9 Å². The Labute approximate surface area is 129 Å². The zero-order valence-corrected chi connectivity index (χ0v) is 13.7. The van der Waals surface area contributed by atoms with Crippen molar-refractivity contribution in [2.24, 2.45) is 0 Å². The molecule has 0 aliphatic rings. The van der Waals surface area contributed by atoms with Crippen molar-refractivity contribution in [1.82, 2.24) is 10.3 Å². The van der Waals surface area contributed by atoms with E-state index >= 15 is 0 Å². The first-order valence-corrected chi connectivity index (χ1v) is 7.95. The van der Waals surface area contributed by atoms with E-state index < -0.39 is 0 Å². The average Bonchev–Trinajstić information content (AvgIpc) is 2.48. The summed E-state index contributed by atoms with van der Waals surface area (Å²) in [6.07, 6.45) is 3.96. The smallest absolute Gasteiger partial charge is 0.0573 e. The minimum atomic E-state index is 0.360. The molecule has 2 nitrogen and oxygen atoms in total. The van der Waals surface area contributed by atoms with Crippen molar-refractivity contribution in [2.45, 2.75) is 39.3 Å². The first kappa shape index (κ1) is 15.2. The molecule has 1 N–H and O–H groups in total. The molecule has 0 amide bonds. The quantitative estimate of drug-likeness (QED) is 0.832. The van der Waals surface area contributed by atoms with E-state index in [-0.39, 0.29) is 0 Å². The number of hydrogen-bond acceptors (Lipinski definition) is 2. The third-order valence-corrected chi connectivity index (χ3v) is 4.03. The van der Waals surface area contributed by atoms with Crippen LogP contribution in [-0.2, 0) is 13.0 Å². The van der Waals surface area contributed by atoms with Gasteiger partial charge >= 0.3 is 0 Å². The second-order valence-electron chi connectivity index (χ2n) is 4.86. The van der Waals surface area contributed by atoms with Crippen molar-refractivity contribution in [2.75, 3.05) is 0 Å². The van der Waals surface area contributed by atoms with Crippen molar-refractivity contribution < 1.29 is 0 Å². The van der Waals surface area contributed by atoms with Crippen LogP contribution < -0.4 is 5.32 Å². The summed E-state index contributed by atoms with van der Waals surface area (Å²) in [4.78, 5) is 4.50. The number of halogens is 1. The molecule has 0 bridgehead atoms. The van der Waals surface area contributed by atoms with E-state index in [0.29, 0.717) is 6.04 Å². The highest BCUT2D eigenvalue weighted by Gasteiger charge is 2.10. The van der Waals surface area contributed by atoms with Crippen LogP contribution in [0.2, 0.25) is 0 Å². The molecule has 2 rings (SSSR count). The topological polar surface area (TPSA) is 24.9 Å². The third kappa shape index (κ3) is 3.90. The van der Waals surface area contributed by atoms with Gasteiger partial charge in [-0.3, -0.25) is 4.98 Å². The molecule has 0 saturated carbocycles. The molecular weight excluding hydrogens is 312 g/mol. The maximum absolute atomic E-state index is 4.50. The Morgan fingerprint density at radius 1 is 1.20 bits per heavy atom. The van der Waals surface area contributed by atoms with Crippen LogP contribution in [0.3, 0.4) is 0 Å². The summed E-state index contributed by atoms with van der Waals surface area (Å²) >= 11 is 3.54. The van der Waals surface area contributed by atoms with E-state index in [1.54, 1.807) is 0 Å². The third-order valence-electron chi connectivity index (χ3n) is 3.54. The van der Waals surface area contributed by atoms with Gasteiger partial charge in [0.05, 0.1) is 5.69 Å². The monoisotopic (exact) mass is 332 g/mol. The van der Waals surface area contributed by atoms with Gasteiger partial charge in [0.1, 0.15) is 0 Å². The molecule has 106 valence electrons. The zero-order valence-electron chi connectivity index (χ0n) is 12.1. The Hall–Kier alpha value is -1.19. The van der Waals surface area contributed by atoms with Gasteiger partial charge in [-0.1, -0.05) is 48.0 Å². The summed E-state index contributed by atoms with van der Waals surface area (Å²) < 4.78 is 1.13. The first-order valence-electron chi connectivity index (χ1n) is 7.16. The SMILES string of the molecule is CCc1cccnc1CNC(CC)c1cccc(Br)c1. The fourth-order valence-corrected chi connectivity index (χ4v) is 2.81. The van der Waals surface area contributed by atoms with Gasteiger partial charge in [-0.2, -0.15) is 0 Å². The molecule has 0 aliphatic heterocycles. The maximum Gasteiger partial charge on any atom is 0.0573 e. The summed E-state index contributed by atoms with van der Waals surface area (Å²) in [6, 6.07) is 13.0. The highest BCUT2D eigenvalue weighted by atomic mass is 79.9. The lowest BCUT2D eigenvalue weighted by molar-refractivity contribution is 0.512. The summed E-state index contributed by atoms with van der Waals surface area (Å²) in [6.45, 7) is 5.19. The number of pyridine rings is 1. The van der Waals surface area contributed by atoms with Crippen LogP contribution >= 0.6 is 15.9 Å². The summed E-state index contributed by atoms with van der Waals surface area (Å²) in [7, 11) is 0. The molecule has 0 saturated heterocycles. The Bertz CT molecular complexity index is 554. The summed E-state index contributed by atoms with van der Waals surface area (Å²) in [5.41, 5.74) is 3.79. The zero-order chi connectivity index (χ0) is 14.4. The highest BCUT2D eigenvalue weighted by Crippen LogP contribution is 2.21. The predicted molar refractivity (Wildman–Crippen MR) is 87.6 cm³/mol. The molecule has 0 radical (unpaired) electrons. The molecule has 0 aliphatic carbocycles. The Morgan fingerprint density at radius 3 is 2.75 bits per heavy atom. The molecule has 1 aromatic carbocycles. The van der Waals surface area contributed by atoms with E-state index in [9.17, 15) is 0 Å². The Morgan fingerprint density at radius 2 is 2.05 bits per heavy atom. The van der Waals surface area contributed by atoms with Gasteiger partial charge in [0.25, 0.3) is 0 Å². The number of aryl methyl sites for hydroxylation is 1. The van der Waals surface area contributed by atoms with Gasteiger partial charge in [-0.15, -0.1) is 0 Å². The van der Waals surface area contributed by atoms with Gasteiger partial charge in [-0.05, 0) is 42.2 Å². The highest BCUT2D eigenvalue weighted by molar-refractivity contribution is 9.10. The molecule has 1 heterocycles. The number of rotatable bonds is 6. The molecule has 2 aromatic rings. The van der Waals surface area contributed by atoms with Gasteiger partial charge in [0.2, 0.25) is 0 Å². The normalized spacial score (nSPS) is 12.3. The number of aromatic nitrogens is 1. The molecule has 1 atom stereocenters. The van der Waals surface area contributed by atoms with Crippen LogP contribution in [0.25, 0.3) is 0 Å². The lowest BCUT2D eigenvalue weighted by Crippen LogP contribution is -2.21. The number of nitrogens with zero attached hydrogens (tertiary/aromatic N) is 1. The lowest BCUT2D eigenvalue weighted by Gasteiger charge is -2.18. The second-order valence-corrected chi connectivity index (χ2v) is 5.78. The fourth-order valence-electron chi connectivity index (χ4n) is 2.39. The average molecular weight is 333 g/mol. The van der Waals surface area contributed by atoms with Gasteiger partial charge in [0, 0.05) is 23.3 Å². The molecule has 1 unspecified atom stereocenters. The summed E-state index contributed by atoms with van der Waals surface area (Å²) in [5, 5.41) is 3.62. The fraction of sp³-hybridized carbons (Fsp3) is 0.353. The van der Waals surface area contributed by atoms with Crippen molar-refractivity contribution in [3.8, 4) is 0 Å². The van der Waals surface area contributed by atoms with E-state index in [1.807, 2.05) is 12.3 Å². The number of nitrogens with one attached hydrogen (secondary N) is 1. The van der Waals surface area contributed by atoms with Gasteiger partial charge < -0.3 is 5.32 Å². The molecule has 0 spiro atoms. The number of hydrogen-bond donors (Lipinski definition) is 1. The van der Waals surface area contributed by atoms with E-state index in [2.05, 4.69) is 70.4 Å². The standard InChI is InChI=1S/C17H21BrN2/c1-3-13-8-6-10-19-17(13)12-20-16(4-2)14-7-5-9-15(18)11-14/h5-11,16,20H,3-4,12H2,1-2H3. The first-order chi connectivity index (χ1) is 9.74. The van der Waals surface area contributed by atoms with Gasteiger partial charge in [0.15, 0.2) is 0 Å². The van der Waals surface area contributed by atoms with E-state index in [4.69, 9.17) is 0 Å². The Balaban J connectivity index is 2.08. The molecule has 3 heteroatoms. The summed E-state index contributed by atoms with van der Waals surface area (Å²) in [5.74, 6) is 0. The molecule has 20 heavy (non-hydrogen) atoms. The van der Waals surface area contributed by atoms with E-state index in [0.717, 1.165) is 29.6 Å².